The molecule has 2 unspecified atom stereocenters. The molecule has 1 aromatic carbocycles. The second-order valence-corrected chi connectivity index (χ2v) is 8.53. The van der Waals surface area contributed by atoms with Crippen LogP contribution in [0.3, 0.4) is 0 Å². The van der Waals surface area contributed by atoms with Gasteiger partial charge in [0.25, 0.3) is 0 Å². The molecule has 1 fully saturated rings. The Morgan fingerprint density at radius 1 is 1.11 bits per heavy atom. The number of hydrogen-bond acceptors (Lipinski definition) is 5. The largest absolute Gasteiger partial charge is 0.495 e. The van der Waals surface area contributed by atoms with Crippen LogP contribution >= 0.6 is 0 Å². The van der Waals surface area contributed by atoms with Crippen molar-refractivity contribution in [2.45, 2.75) is 71.0 Å². The van der Waals surface area contributed by atoms with Crippen molar-refractivity contribution in [1.29, 1.82) is 0 Å². The zero-order valence-electron chi connectivity index (χ0n) is 17.0. The summed E-state index contributed by atoms with van der Waals surface area (Å²) in [6, 6.07) is 1.95. The highest BCUT2D eigenvalue weighted by molar-refractivity contribution is 6.62. The Kier molecular flexibility index (Phi) is 4.68. The Hall–Kier alpha value is -1.86. The highest BCUT2D eigenvalue weighted by Gasteiger charge is 2.53. The zero-order chi connectivity index (χ0) is 20.3. The average molecular weight is 374 g/mol. The Balaban J connectivity index is 2.14. The van der Waals surface area contributed by atoms with Crippen LogP contribution in [0, 0.1) is 13.8 Å². The van der Waals surface area contributed by atoms with E-state index >= 15 is 0 Å². The molecule has 0 amide bonds. The van der Waals surface area contributed by atoms with E-state index in [1.165, 1.54) is 7.11 Å². The van der Waals surface area contributed by atoms with Crippen LogP contribution in [-0.2, 0) is 23.6 Å². The van der Waals surface area contributed by atoms with Gasteiger partial charge in [-0.25, -0.2) is 0 Å². The minimum absolute atomic E-state index is 0.214. The van der Waals surface area contributed by atoms with E-state index in [9.17, 15) is 14.7 Å². The fourth-order valence-corrected chi connectivity index (χ4v) is 4.17. The van der Waals surface area contributed by atoms with Gasteiger partial charge in [-0.15, -0.1) is 0 Å². The molecule has 2 atom stereocenters. The van der Waals surface area contributed by atoms with Gasteiger partial charge in [-0.3, -0.25) is 9.59 Å². The van der Waals surface area contributed by atoms with Crippen molar-refractivity contribution in [2.24, 2.45) is 0 Å². The average Bonchev–Trinajstić information content (AvgIpc) is 3.06. The summed E-state index contributed by atoms with van der Waals surface area (Å²) in [6.07, 6.45) is 0.214. The number of carboxylic acids is 1. The standard InChI is InChI=1S/C20H27BO6/c1-10-8-14(21-26-19(3,4)20(5,6)27-21)11(2)16-12(17(22)23)9-13(15(10)16)18(24)25-7/h8,12-13H,9H2,1-7H3,(H,22,23). The van der Waals surface area contributed by atoms with Gasteiger partial charge in [-0.2, -0.15) is 0 Å². The van der Waals surface area contributed by atoms with Crippen LogP contribution in [-0.4, -0.2) is 42.5 Å². The lowest BCUT2D eigenvalue weighted by Gasteiger charge is -2.32. The maximum absolute atomic E-state index is 12.3. The van der Waals surface area contributed by atoms with E-state index in [2.05, 4.69) is 0 Å². The number of carbonyl (C=O) groups excluding carboxylic acids is 1. The molecule has 27 heavy (non-hydrogen) atoms. The monoisotopic (exact) mass is 374 g/mol. The Bertz CT molecular complexity index is 797. The highest BCUT2D eigenvalue weighted by atomic mass is 16.7. The Morgan fingerprint density at radius 3 is 2.15 bits per heavy atom. The molecule has 1 N–H and O–H groups in total. The van der Waals surface area contributed by atoms with Gasteiger partial charge >= 0.3 is 19.1 Å². The molecule has 0 aromatic heterocycles. The van der Waals surface area contributed by atoms with Gasteiger partial charge in [0, 0.05) is 0 Å². The van der Waals surface area contributed by atoms with Crippen molar-refractivity contribution in [2.75, 3.05) is 7.11 Å². The molecule has 146 valence electrons. The summed E-state index contributed by atoms with van der Waals surface area (Å²) in [4.78, 5) is 24.2. The summed E-state index contributed by atoms with van der Waals surface area (Å²) in [6.45, 7) is 11.7. The van der Waals surface area contributed by atoms with Gasteiger partial charge in [-0.05, 0) is 75.7 Å². The lowest BCUT2D eigenvalue weighted by atomic mass is 9.72. The SMILES string of the molecule is COC(=O)C1CC(C(=O)O)c2c(C)c(B3OC(C)(C)C(C)(C)O3)cc(C)c21. The van der Waals surface area contributed by atoms with E-state index in [0.29, 0.717) is 5.56 Å². The van der Waals surface area contributed by atoms with E-state index in [0.717, 1.165) is 22.2 Å². The summed E-state index contributed by atoms with van der Waals surface area (Å²) < 4.78 is 17.3. The number of ether oxygens (including phenoxy) is 1. The summed E-state index contributed by atoms with van der Waals surface area (Å²) >= 11 is 0. The van der Waals surface area contributed by atoms with Gasteiger partial charge in [0.2, 0.25) is 0 Å². The Morgan fingerprint density at radius 2 is 1.67 bits per heavy atom. The topological polar surface area (TPSA) is 82.1 Å². The summed E-state index contributed by atoms with van der Waals surface area (Å²) in [5.74, 6) is -2.63. The molecule has 6 nitrogen and oxygen atoms in total. The fraction of sp³-hybridized carbons (Fsp3) is 0.600. The van der Waals surface area contributed by atoms with Gasteiger partial charge in [0.05, 0.1) is 30.1 Å². The first-order chi connectivity index (χ1) is 12.4. The van der Waals surface area contributed by atoms with Crippen LogP contribution in [0.15, 0.2) is 6.07 Å². The molecule has 1 aromatic rings. The van der Waals surface area contributed by atoms with Gasteiger partial charge < -0.3 is 19.2 Å². The minimum atomic E-state index is -0.934. The van der Waals surface area contributed by atoms with E-state index in [4.69, 9.17) is 14.0 Å². The van der Waals surface area contributed by atoms with E-state index in [1.807, 2.05) is 47.6 Å². The van der Waals surface area contributed by atoms with Gasteiger partial charge in [0.15, 0.2) is 0 Å². The second-order valence-electron chi connectivity index (χ2n) is 8.53. The van der Waals surface area contributed by atoms with Crippen LogP contribution in [0.1, 0.15) is 68.2 Å². The number of aliphatic carboxylic acids is 1. The van der Waals surface area contributed by atoms with Gasteiger partial charge in [0.1, 0.15) is 0 Å². The minimum Gasteiger partial charge on any atom is -0.481 e. The first-order valence-electron chi connectivity index (χ1n) is 9.21. The third kappa shape index (κ3) is 2.97. The van der Waals surface area contributed by atoms with Crippen LogP contribution in [0.4, 0.5) is 0 Å². The third-order valence-corrected chi connectivity index (χ3v) is 6.38. The smallest absolute Gasteiger partial charge is 0.481 e. The lowest BCUT2D eigenvalue weighted by Crippen LogP contribution is -2.41. The van der Waals surface area contributed by atoms with Crippen molar-refractivity contribution < 1.29 is 28.7 Å². The zero-order valence-corrected chi connectivity index (χ0v) is 17.0. The molecular formula is C20H27BO6. The molecule has 1 heterocycles. The van der Waals surface area contributed by atoms with Crippen molar-refractivity contribution in [3.63, 3.8) is 0 Å². The van der Waals surface area contributed by atoms with Crippen molar-refractivity contribution in [1.82, 2.24) is 0 Å². The molecular weight excluding hydrogens is 347 g/mol. The number of rotatable bonds is 3. The molecule has 0 saturated carbocycles. The molecule has 1 aliphatic heterocycles. The summed E-state index contributed by atoms with van der Waals surface area (Å²) in [7, 11) is 0.752. The quantitative estimate of drug-likeness (QED) is 0.647. The van der Waals surface area contributed by atoms with E-state index in [1.54, 1.807) is 0 Å². The number of benzene rings is 1. The van der Waals surface area contributed by atoms with Crippen LogP contribution < -0.4 is 5.46 Å². The van der Waals surface area contributed by atoms with E-state index in [-0.39, 0.29) is 6.42 Å². The van der Waals surface area contributed by atoms with Crippen LogP contribution in [0.2, 0.25) is 0 Å². The number of methoxy groups -OCH3 is 1. The van der Waals surface area contributed by atoms with Crippen molar-refractivity contribution >= 4 is 24.5 Å². The van der Waals surface area contributed by atoms with Crippen molar-refractivity contribution in [3.8, 4) is 0 Å². The third-order valence-electron chi connectivity index (χ3n) is 6.38. The maximum atomic E-state index is 12.3. The second kappa shape index (κ2) is 6.35. The predicted molar refractivity (Wildman–Crippen MR) is 101 cm³/mol. The summed E-state index contributed by atoms with van der Waals surface area (Å²) in [5, 5.41) is 9.76. The fourth-order valence-electron chi connectivity index (χ4n) is 4.17. The number of aryl methyl sites for hydroxylation is 1. The molecule has 0 radical (unpaired) electrons. The number of fused-ring (bicyclic) bond motifs is 1. The molecule has 0 spiro atoms. The highest BCUT2D eigenvalue weighted by Crippen LogP contribution is 2.46. The molecule has 0 bridgehead atoms. The van der Waals surface area contributed by atoms with Crippen LogP contribution in [0.25, 0.3) is 0 Å². The molecule has 7 heteroatoms. The number of hydrogen-bond donors (Lipinski definition) is 1. The molecule has 1 aliphatic carbocycles. The Labute approximate surface area is 160 Å². The number of carbonyl (C=O) groups is 2. The normalized spacial score (nSPS) is 25.4. The van der Waals surface area contributed by atoms with Gasteiger partial charge in [-0.1, -0.05) is 6.07 Å². The van der Waals surface area contributed by atoms with E-state index < -0.39 is 42.1 Å². The number of esters is 1. The van der Waals surface area contributed by atoms with Crippen molar-refractivity contribution in [3.05, 3.63) is 28.3 Å². The predicted octanol–water partition coefficient (Wildman–Crippen LogP) is 2.43. The first kappa shape index (κ1) is 19.9. The lowest BCUT2D eigenvalue weighted by molar-refractivity contribution is -0.143. The molecule has 1 saturated heterocycles. The first-order valence-corrected chi connectivity index (χ1v) is 9.21. The summed E-state index contributed by atoms with van der Waals surface area (Å²) in [5.41, 5.74) is 2.99. The maximum Gasteiger partial charge on any atom is 0.495 e. The molecule has 3 rings (SSSR count). The van der Waals surface area contributed by atoms with Crippen LogP contribution in [0.5, 0.6) is 0 Å². The number of carboxylic acid groups (broad SMARTS) is 1. The molecule has 2 aliphatic rings.